The number of piperidine rings is 1. The van der Waals surface area contributed by atoms with E-state index in [9.17, 15) is 4.79 Å². The summed E-state index contributed by atoms with van der Waals surface area (Å²) in [5.41, 5.74) is 0.901. The molecule has 0 N–H and O–H groups in total. The normalized spacial score (nSPS) is 23.1. The number of carbonyl (C=O) groups excluding carboxylic acids is 1. The van der Waals surface area contributed by atoms with Crippen molar-refractivity contribution in [1.82, 2.24) is 14.7 Å². The summed E-state index contributed by atoms with van der Waals surface area (Å²) in [4.78, 5) is 19.4. The van der Waals surface area contributed by atoms with E-state index in [1.165, 1.54) is 12.0 Å². The van der Waals surface area contributed by atoms with Crippen LogP contribution in [0.3, 0.4) is 0 Å². The lowest BCUT2D eigenvalue weighted by Crippen LogP contribution is -2.52. The predicted octanol–water partition coefficient (Wildman–Crippen LogP) is 4.29. The topological polar surface area (TPSA) is 36.0 Å². The van der Waals surface area contributed by atoms with Crippen LogP contribution in [0.25, 0.3) is 0 Å². The van der Waals surface area contributed by atoms with Crippen LogP contribution in [0.1, 0.15) is 45.6 Å². The number of nitrogens with zero attached hydrogens (tertiary/aromatic N) is 3. The smallest absolute Gasteiger partial charge is 0.410 e. The monoisotopic (exact) mass is 421 g/mol. The van der Waals surface area contributed by atoms with Gasteiger partial charge in [-0.2, -0.15) is 0 Å². The molecule has 162 valence electrons. The zero-order valence-corrected chi connectivity index (χ0v) is 19.1. The second-order valence-electron chi connectivity index (χ2n) is 9.54. The molecule has 6 heteroatoms. The number of likely N-dealkylation sites (tertiary alicyclic amines) is 1. The fourth-order valence-electron chi connectivity index (χ4n) is 4.52. The lowest BCUT2D eigenvalue weighted by Gasteiger charge is -2.42. The van der Waals surface area contributed by atoms with Crippen LogP contribution in [-0.4, -0.2) is 78.2 Å². The molecule has 2 aliphatic rings. The van der Waals surface area contributed by atoms with Crippen LogP contribution in [0.2, 0.25) is 5.02 Å². The molecule has 5 nitrogen and oxygen atoms in total. The largest absolute Gasteiger partial charge is 0.444 e. The molecular weight excluding hydrogens is 386 g/mol. The van der Waals surface area contributed by atoms with Crippen molar-refractivity contribution in [3.05, 3.63) is 34.9 Å². The van der Waals surface area contributed by atoms with E-state index in [0.717, 1.165) is 57.0 Å². The van der Waals surface area contributed by atoms with Crippen LogP contribution in [0.4, 0.5) is 4.79 Å². The third-order valence-corrected chi connectivity index (χ3v) is 6.17. The van der Waals surface area contributed by atoms with E-state index in [1.54, 1.807) is 0 Å². The zero-order chi connectivity index (χ0) is 21.0. The summed E-state index contributed by atoms with van der Waals surface area (Å²) >= 11 is 6.07. The Morgan fingerprint density at radius 1 is 1.10 bits per heavy atom. The highest BCUT2D eigenvalue weighted by Gasteiger charge is 2.33. The Morgan fingerprint density at radius 3 is 2.38 bits per heavy atom. The van der Waals surface area contributed by atoms with Crippen molar-refractivity contribution in [3.63, 3.8) is 0 Å². The van der Waals surface area contributed by atoms with E-state index in [1.807, 2.05) is 37.8 Å². The fraction of sp³-hybridized carbons (Fsp3) is 0.696. The first-order chi connectivity index (χ1) is 13.7. The zero-order valence-electron chi connectivity index (χ0n) is 18.4. The van der Waals surface area contributed by atoms with Crippen molar-refractivity contribution in [2.75, 3.05) is 39.8 Å². The lowest BCUT2D eigenvalue weighted by molar-refractivity contribution is 0.0110. The van der Waals surface area contributed by atoms with Gasteiger partial charge >= 0.3 is 6.09 Å². The maximum absolute atomic E-state index is 12.4. The molecule has 0 aromatic heterocycles. The standard InChI is InChI=1S/C23H36ClN3O2/c1-23(2,3)29-22(28)26-14-10-20(11-15-26)27-13-5-12-25(4)17-21(27)16-18-6-8-19(24)9-7-18/h6-9,20-21H,5,10-17H2,1-4H3/t21-/m0/s1. The number of likely N-dealkylation sites (N-methyl/N-ethyl adjacent to an activating group) is 1. The van der Waals surface area contributed by atoms with Crippen molar-refractivity contribution in [1.29, 1.82) is 0 Å². The first-order valence-corrected chi connectivity index (χ1v) is 11.3. The summed E-state index contributed by atoms with van der Waals surface area (Å²) in [7, 11) is 2.23. The molecule has 1 aromatic carbocycles. The molecule has 0 aliphatic carbocycles. The van der Waals surface area contributed by atoms with E-state index in [0.29, 0.717) is 12.1 Å². The van der Waals surface area contributed by atoms with Crippen molar-refractivity contribution >= 4 is 17.7 Å². The van der Waals surface area contributed by atoms with Crippen molar-refractivity contribution in [2.24, 2.45) is 0 Å². The predicted molar refractivity (Wildman–Crippen MR) is 119 cm³/mol. The molecule has 1 amide bonds. The average Bonchev–Trinajstić information content (AvgIpc) is 2.83. The van der Waals surface area contributed by atoms with Gasteiger partial charge in [0.25, 0.3) is 0 Å². The van der Waals surface area contributed by atoms with Gasteiger partial charge in [0.2, 0.25) is 0 Å². The average molecular weight is 422 g/mol. The van der Waals surface area contributed by atoms with Gasteiger partial charge < -0.3 is 14.5 Å². The number of hydrogen-bond donors (Lipinski definition) is 0. The van der Waals surface area contributed by atoms with E-state index < -0.39 is 5.60 Å². The molecule has 0 bridgehead atoms. The van der Waals surface area contributed by atoms with E-state index in [2.05, 4.69) is 29.0 Å². The van der Waals surface area contributed by atoms with Crippen LogP contribution >= 0.6 is 11.6 Å². The molecular formula is C23H36ClN3O2. The van der Waals surface area contributed by atoms with Crippen LogP contribution in [0.15, 0.2) is 24.3 Å². The third-order valence-electron chi connectivity index (χ3n) is 5.92. The van der Waals surface area contributed by atoms with E-state index in [4.69, 9.17) is 16.3 Å². The number of rotatable bonds is 3. The first kappa shape index (κ1) is 22.4. The van der Waals surface area contributed by atoms with Gasteiger partial charge in [-0.3, -0.25) is 4.90 Å². The number of carbonyl (C=O) groups is 1. The van der Waals surface area contributed by atoms with Gasteiger partial charge in [0.05, 0.1) is 0 Å². The van der Waals surface area contributed by atoms with Crippen molar-refractivity contribution < 1.29 is 9.53 Å². The molecule has 3 rings (SSSR count). The van der Waals surface area contributed by atoms with Crippen LogP contribution in [0.5, 0.6) is 0 Å². The second kappa shape index (κ2) is 9.67. The summed E-state index contributed by atoms with van der Waals surface area (Å²) < 4.78 is 5.56. The molecule has 0 radical (unpaired) electrons. The SMILES string of the molecule is CN1CCCN(C2CCN(C(=O)OC(C)(C)C)CC2)[C@@H](Cc2ccc(Cl)cc2)C1. The highest BCUT2D eigenvalue weighted by molar-refractivity contribution is 6.30. The number of halogens is 1. The van der Waals surface area contributed by atoms with Gasteiger partial charge in [-0.15, -0.1) is 0 Å². The molecule has 2 fully saturated rings. The van der Waals surface area contributed by atoms with Gasteiger partial charge in [-0.25, -0.2) is 4.79 Å². The molecule has 1 aromatic rings. The van der Waals surface area contributed by atoms with Gasteiger partial charge in [0.1, 0.15) is 5.60 Å². The minimum Gasteiger partial charge on any atom is -0.444 e. The van der Waals surface area contributed by atoms with Gasteiger partial charge in [-0.1, -0.05) is 23.7 Å². The summed E-state index contributed by atoms with van der Waals surface area (Å²) in [5.74, 6) is 0. The number of amides is 1. The Hall–Kier alpha value is -1.30. The molecule has 2 aliphatic heterocycles. The molecule has 29 heavy (non-hydrogen) atoms. The van der Waals surface area contributed by atoms with Crippen LogP contribution in [0, 0.1) is 0 Å². The fourth-order valence-corrected chi connectivity index (χ4v) is 4.65. The number of benzene rings is 1. The summed E-state index contributed by atoms with van der Waals surface area (Å²) in [6.45, 7) is 10.7. The third kappa shape index (κ3) is 6.59. The van der Waals surface area contributed by atoms with E-state index >= 15 is 0 Å². The summed E-state index contributed by atoms with van der Waals surface area (Å²) in [5, 5.41) is 0.790. The van der Waals surface area contributed by atoms with Gasteiger partial charge in [-0.05, 0) is 77.7 Å². The Balaban J connectivity index is 1.63. The van der Waals surface area contributed by atoms with Crippen molar-refractivity contribution in [2.45, 2.75) is 64.1 Å². The summed E-state index contributed by atoms with van der Waals surface area (Å²) in [6.07, 6.45) is 4.08. The van der Waals surface area contributed by atoms with Crippen molar-refractivity contribution in [3.8, 4) is 0 Å². The molecule has 2 heterocycles. The molecule has 0 unspecified atom stereocenters. The number of ether oxygens (including phenoxy) is 1. The Kier molecular flexibility index (Phi) is 7.47. The van der Waals surface area contributed by atoms with Gasteiger partial charge in [0, 0.05) is 43.3 Å². The molecule has 2 saturated heterocycles. The minimum absolute atomic E-state index is 0.177. The maximum atomic E-state index is 12.4. The molecule has 1 atom stereocenters. The first-order valence-electron chi connectivity index (χ1n) is 10.9. The second-order valence-corrected chi connectivity index (χ2v) is 9.97. The Bertz CT molecular complexity index is 666. The quantitative estimate of drug-likeness (QED) is 0.729. The van der Waals surface area contributed by atoms with Crippen LogP contribution < -0.4 is 0 Å². The Labute approximate surface area is 180 Å². The molecule has 0 saturated carbocycles. The number of hydrogen-bond acceptors (Lipinski definition) is 4. The molecule has 0 spiro atoms. The van der Waals surface area contributed by atoms with Gasteiger partial charge in [0.15, 0.2) is 0 Å². The maximum Gasteiger partial charge on any atom is 0.410 e. The van der Waals surface area contributed by atoms with E-state index in [-0.39, 0.29) is 6.09 Å². The Morgan fingerprint density at radius 2 is 1.76 bits per heavy atom. The highest BCUT2D eigenvalue weighted by Crippen LogP contribution is 2.25. The summed E-state index contributed by atoms with van der Waals surface area (Å²) in [6, 6.07) is 9.29. The lowest BCUT2D eigenvalue weighted by atomic mass is 9.97. The minimum atomic E-state index is -0.438. The highest BCUT2D eigenvalue weighted by atomic mass is 35.5. The van der Waals surface area contributed by atoms with Crippen LogP contribution in [-0.2, 0) is 11.2 Å².